The molecule has 1 atom stereocenters. The van der Waals surface area contributed by atoms with Gasteiger partial charge in [0.2, 0.25) is 0 Å². The van der Waals surface area contributed by atoms with E-state index >= 15 is 0 Å². The van der Waals surface area contributed by atoms with Crippen LogP contribution >= 0.6 is 0 Å². The molecule has 19 heavy (non-hydrogen) atoms. The molecule has 2 heteroatoms. The number of unbranched alkanes of at least 4 members (excludes halogenated alkanes) is 2. The highest BCUT2D eigenvalue weighted by molar-refractivity contribution is 5.69. The first-order chi connectivity index (χ1) is 9.27. The fourth-order valence-electron chi connectivity index (χ4n) is 2.20. The molecular formula is C17H26O2. The van der Waals surface area contributed by atoms with E-state index in [0.29, 0.717) is 18.9 Å². The fraction of sp³-hybridized carbons (Fsp3) is 0.588. The van der Waals surface area contributed by atoms with Crippen molar-refractivity contribution >= 4 is 5.97 Å². The topological polar surface area (TPSA) is 26.3 Å². The normalized spacial score (nSPS) is 12.1. The Bertz CT molecular complexity index is 346. The van der Waals surface area contributed by atoms with Crippen LogP contribution in [0, 0.1) is 0 Å². The lowest BCUT2D eigenvalue weighted by molar-refractivity contribution is -0.144. The standard InChI is InChI=1S/C17H26O2/c1-3-5-7-13-17(18)19-14-16(10-4-2)15-11-8-6-9-12-15/h6,8-9,11-12,16H,3-5,7,10,13-14H2,1-2H3. The number of hydrogen-bond acceptors (Lipinski definition) is 2. The second-order valence-electron chi connectivity index (χ2n) is 5.04. The Morgan fingerprint density at radius 1 is 1.11 bits per heavy atom. The molecule has 0 aliphatic carbocycles. The van der Waals surface area contributed by atoms with Crippen molar-refractivity contribution in [1.29, 1.82) is 0 Å². The summed E-state index contributed by atoms with van der Waals surface area (Å²) in [5, 5.41) is 0. The number of esters is 1. The maximum atomic E-state index is 11.6. The minimum atomic E-state index is -0.0505. The van der Waals surface area contributed by atoms with Gasteiger partial charge in [0.1, 0.15) is 0 Å². The lowest BCUT2D eigenvalue weighted by Gasteiger charge is -2.16. The van der Waals surface area contributed by atoms with Gasteiger partial charge in [0.15, 0.2) is 0 Å². The molecule has 0 aromatic heterocycles. The fourth-order valence-corrected chi connectivity index (χ4v) is 2.20. The van der Waals surface area contributed by atoms with Crippen LogP contribution in [-0.2, 0) is 9.53 Å². The SMILES string of the molecule is CCCCCC(=O)OCC(CCC)c1ccccc1. The summed E-state index contributed by atoms with van der Waals surface area (Å²) >= 11 is 0. The molecule has 1 rings (SSSR count). The van der Waals surface area contributed by atoms with Crippen molar-refractivity contribution in [2.75, 3.05) is 6.61 Å². The van der Waals surface area contributed by atoms with Crippen LogP contribution in [0.4, 0.5) is 0 Å². The second kappa shape index (κ2) is 9.60. The molecule has 1 aromatic rings. The van der Waals surface area contributed by atoms with E-state index in [0.717, 1.165) is 32.1 Å². The molecule has 0 spiro atoms. The lowest BCUT2D eigenvalue weighted by atomic mass is 9.95. The summed E-state index contributed by atoms with van der Waals surface area (Å²) in [6, 6.07) is 10.3. The van der Waals surface area contributed by atoms with Crippen LogP contribution in [0.25, 0.3) is 0 Å². The molecule has 2 nitrogen and oxygen atoms in total. The maximum Gasteiger partial charge on any atom is 0.305 e. The van der Waals surface area contributed by atoms with Crippen molar-refractivity contribution in [3.8, 4) is 0 Å². The van der Waals surface area contributed by atoms with E-state index in [9.17, 15) is 4.79 Å². The van der Waals surface area contributed by atoms with Crippen molar-refractivity contribution in [3.63, 3.8) is 0 Å². The Labute approximate surface area is 117 Å². The summed E-state index contributed by atoms with van der Waals surface area (Å²) < 4.78 is 5.42. The van der Waals surface area contributed by atoms with Crippen LogP contribution in [0.3, 0.4) is 0 Å². The van der Waals surface area contributed by atoms with Gasteiger partial charge in [-0.25, -0.2) is 0 Å². The zero-order chi connectivity index (χ0) is 13.9. The van der Waals surface area contributed by atoms with Gasteiger partial charge in [-0.15, -0.1) is 0 Å². The highest BCUT2D eigenvalue weighted by atomic mass is 16.5. The predicted molar refractivity (Wildman–Crippen MR) is 79.2 cm³/mol. The highest BCUT2D eigenvalue weighted by Crippen LogP contribution is 2.21. The summed E-state index contributed by atoms with van der Waals surface area (Å²) in [6.07, 6.45) is 5.90. The summed E-state index contributed by atoms with van der Waals surface area (Å²) in [6.45, 7) is 4.82. The average Bonchev–Trinajstić information content (AvgIpc) is 2.44. The first-order valence-electron chi connectivity index (χ1n) is 7.48. The Morgan fingerprint density at radius 2 is 1.84 bits per heavy atom. The van der Waals surface area contributed by atoms with E-state index in [2.05, 4.69) is 26.0 Å². The third-order valence-electron chi connectivity index (χ3n) is 3.34. The van der Waals surface area contributed by atoms with Crippen molar-refractivity contribution < 1.29 is 9.53 Å². The molecule has 0 N–H and O–H groups in total. The lowest BCUT2D eigenvalue weighted by Crippen LogP contribution is -2.13. The number of rotatable bonds is 9. The molecule has 0 saturated heterocycles. The minimum absolute atomic E-state index is 0.0505. The predicted octanol–water partition coefficient (Wildman–Crippen LogP) is 4.69. The number of carbonyl (C=O) groups excluding carboxylic acids is 1. The first kappa shape index (κ1) is 15.7. The van der Waals surface area contributed by atoms with Gasteiger partial charge in [-0.3, -0.25) is 4.79 Å². The number of hydrogen-bond donors (Lipinski definition) is 0. The van der Waals surface area contributed by atoms with Gasteiger partial charge in [0, 0.05) is 12.3 Å². The molecule has 0 aliphatic rings. The summed E-state index contributed by atoms with van der Waals surface area (Å²) in [4.78, 5) is 11.6. The quantitative estimate of drug-likeness (QED) is 0.476. The highest BCUT2D eigenvalue weighted by Gasteiger charge is 2.13. The van der Waals surface area contributed by atoms with Gasteiger partial charge >= 0.3 is 5.97 Å². The van der Waals surface area contributed by atoms with Crippen molar-refractivity contribution in [2.45, 2.75) is 58.3 Å². The zero-order valence-electron chi connectivity index (χ0n) is 12.2. The zero-order valence-corrected chi connectivity index (χ0v) is 12.2. The van der Waals surface area contributed by atoms with E-state index in [1.165, 1.54) is 5.56 Å². The van der Waals surface area contributed by atoms with Gasteiger partial charge < -0.3 is 4.74 Å². The van der Waals surface area contributed by atoms with Gasteiger partial charge in [0.05, 0.1) is 6.61 Å². The van der Waals surface area contributed by atoms with Crippen LogP contribution < -0.4 is 0 Å². The monoisotopic (exact) mass is 262 g/mol. The van der Waals surface area contributed by atoms with E-state index in [1.54, 1.807) is 0 Å². The second-order valence-corrected chi connectivity index (χ2v) is 5.04. The van der Waals surface area contributed by atoms with Gasteiger partial charge in [-0.1, -0.05) is 63.4 Å². The van der Waals surface area contributed by atoms with E-state index in [-0.39, 0.29) is 5.97 Å². The molecule has 106 valence electrons. The van der Waals surface area contributed by atoms with E-state index in [4.69, 9.17) is 4.74 Å². The molecule has 0 saturated carbocycles. The molecule has 0 heterocycles. The third-order valence-corrected chi connectivity index (χ3v) is 3.34. The van der Waals surface area contributed by atoms with E-state index < -0.39 is 0 Å². The summed E-state index contributed by atoms with van der Waals surface area (Å²) in [7, 11) is 0. The Kier molecular flexibility index (Phi) is 7.95. The minimum Gasteiger partial charge on any atom is -0.465 e. The van der Waals surface area contributed by atoms with Crippen molar-refractivity contribution in [3.05, 3.63) is 35.9 Å². The van der Waals surface area contributed by atoms with Crippen LogP contribution in [0.2, 0.25) is 0 Å². The van der Waals surface area contributed by atoms with Crippen molar-refractivity contribution in [2.24, 2.45) is 0 Å². The molecule has 0 bridgehead atoms. The van der Waals surface area contributed by atoms with Crippen LogP contribution in [-0.4, -0.2) is 12.6 Å². The van der Waals surface area contributed by atoms with E-state index in [1.807, 2.05) is 18.2 Å². The molecule has 0 aliphatic heterocycles. The number of carbonyl (C=O) groups is 1. The smallest absolute Gasteiger partial charge is 0.305 e. The van der Waals surface area contributed by atoms with Gasteiger partial charge in [0.25, 0.3) is 0 Å². The number of benzene rings is 1. The Morgan fingerprint density at radius 3 is 2.47 bits per heavy atom. The Hall–Kier alpha value is -1.31. The third kappa shape index (κ3) is 6.42. The first-order valence-corrected chi connectivity index (χ1v) is 7.48. The van der Waals surface area contributed by atoms with Crippen LogP contribution in [0.5, 0.6) is 0 Å². The van der Waals surface area contributed by atoms with Gasteiger partial charge in [-0.2, -0.15) is 0 Å². The largest absolute Gasteiger partial charge is 0.465 e. The molecule has 1 aromatic carbocycles. The molecule has 0 radical (unpaired) electrons. The van der Waals surface area contributed by atoms with Gasteiger partial charge in [-0.05, 0) is 18.4 Å². The molecule has 0 amide bonds. The summed E-state index contributed by atoms with van der Waals surface area (Å²) in [5.41, 5.74) is 1.27. The maximum absolute atomic E-state index is 11.6. The average molecular weight is 262 g/mol. The molecule has 1 unspecified atom stereocenters. The molecular weight excluding hydrogens is 236 g/mol. The number of ether oxygens (including phenoxy) is 1. The molecule has 0 fully saturated rings. The van der Waals surface area contributed by atoms with Crippen molar-refractivity contribution in [1.82, 2.24) is 0 Å². The summed E-state index contributed by atoms with van der Waals surface area (Å²) in [5.74, 6) is 0.284. The Balaban J connectivity index is 2.40. The van der Waals surface area contributed by atoms with Crippen LogP contribution in [0.15, 0.2) is 30.3 Å². The van der Waals surface area contributed by atoms with Crippen LogP contribution in [0.1, 0.15) is 63.9 Å².